The highest BCUT2D eigenvalue weighted by molar-refractivity contribution is 7.09. The molecule has 7 heteroatoms. The van der Waals surface area contributed by atoms with Gasteiger partial charge in [-0.3, -0.25) is 4.79 Å². The summed E-state index contributed by atoms with van der Waals surface area (Å²) in [4.78, 5) is 30.0. The molecule has 1 aromatic heterocycles. The Morgan fingerprint density at radius 2 is 2.22 bits per heavy atom. The molecule has 120 valence electrons. The molecule has 0 spiro atoms. The molecule has 1 saturated carbocycles. The molecule has 3 rings (SSSR count). The van der Waals surface area contributed by atoms with Gasteiger partial charge in [0.05, 0.1) is 13.7 Å². The van der Waals surface area contributed by atoms with Gasteiger partial charge in [0.15, 0.2) is 5.69 Å². The zero-order valence-corrected chi connectivity index (χ0v) is 13.3. The zero-order valence-electron chi connectivity index (χ0n) is 12.5. The number of aromatic nitrogens is 1. The minimum atomic E-state index is -0.498. The molecular formula is C16H15FN2O3S. The van der Waals surface area contributed by atoms with Gasteiger partial charge in [-0.1, -0.05) is 6.07 Å². The molecule has 1 aliphatic rings. The molecule has 0 atom stereocenters. The van der Waals surface area contributed by atoms with Crippen LogP contribution in [-0.4, -0.2) is 34.9 Å². The Morgan fingerprint density at radius 1 is 1.43 bits per heavy atom. The lowest BCUT2D eigenvalue weighted by Crippen LogP contribution is -2.32. The van der Waals surface area contributed by atoms with Gasteiger partial charge in [0.2, 0.25) is 0 Å². The summed E-state index contributed by atoms with van der Waals surface area (Å²) in [6.45, 7) is 0.307. The van der Waals surface area contributed by atoms with E-state index in [1.807, 2.05) is 0 Å². The minimum Gasteiger partial charge on any atom is -0.464 e. The normalized spacial score (nSPS) is 13.7. The smallest absolute Gasteiger partial charge is 0.357 e. The van der Waals surface area contributed by atoms with Crippen molar-refractivity contribution >= 4 is 23.2 Å². The highest BCUT2D eigenvalue weighted by Crippen LogP contribution is 2.30. The maximum Gasteiger partial charge on any atom is 0.357 e. The van der Waals surface area contributed by atoms with E-state index in [0.717, 1.165) is 12.8 Å². The molecule has 5 nitrogen and oxygen atoms in total. The number of nitrogens with zero attached hydrogens (tertiary/aromatic N) is 2. The average Bonchev–Trinajstić information content (AvgIpc) is 3.29. The van der Waals surface area contributed by atoms with Crippen LogP contribution in [0.15, 0.2) is 29.6 Å². The van der Waals surface area contributed by atoms with Gasteiger partial charge >= 0.3 is 5.97 Å². The second-order valence-corrected chi connectivity index (χ2v) is 6.24. The van der Waals surface area contributed by atoms with Crippen LogP contribution in [0.25, 0.3) is 0 Å². The summed E-state index contributed by atoms with van der Waals surface area (Å²) in [7, 11) is 1.30. The van der Waals surface area contributed by atoms with E-state index in [4.69, 9.17) is 0 Å². The lowest BCUT2D eigenvalue weighted by atomic mass is 10.2. The van der Waals surface area contributed by atoms with Crippen LogP contribution >= 0.6 is 11.3 Å². The number of rotatable bonds is 5. The molecule has 1 fully saturated rings. The first-order valence-corrected chi connectivity index (χ1v) is 8.05. The molecule has 1 heterocycles. The third-order valence-corrected chi connectivity index (χ3v) is 4.41. The van der Waals surface area contributed by atoms with Crippen molar-refractivity contribution in [2.45, 2.75) is 25.4 Å². The monoisotopic (exact) mass is 334 g/mol. The van der Waals surface area contributed by atoms with Gasteiger partial charge in [-0.05, 0) is 31.0 Å². The number of esters is 1. The van der Waals surface area contributed by atoms with E-state index in [0.29, 0.717) is 17.1 Å². The lowest BCUT2D eigenvalue weighted by molar-refractivity contribution is 0.0594. The fourth-order valence-electron chi connectivity index (χ4n) is 2.27. The average molecular weight is 334 g/mol. The summed E-state index contributed by atoms with van der Waals surface area (Å²) in [6, 6.07) is 5.81. The Bertz CT molecular complexity index is 742. The van der Waals surface area contributed by atoms with E-state index in [1.54, 1.807) is 16.3 Å². The number of hydrogen-bond donors (Lipinski definition) is 0. The van der Waals surface area contributed by atoms with E-state index in [-0.39, 0.29) is 17.6 Å². The topological polar surface area (TPSA) is 59.5 Å². The van der Waals surface area contributed by atoms with Crippen molar-refractivity contribution in [2.24, 2.45) is 0 Å². The maximum absolute atomic E-state index is 13.3. The Hall–Kier alpha value is -2.28. The van der Waals surface area contributed by atoms with Crippen LogP contribution in [0, 0.1) is 5.82 Å². The van der Waals surface area contributed by atoms with Crippen LogP contribution in [0.5, 0.6) is 0 Å². The van der Waals surface area contributed by atoms with Crippen molar-refractivity contribution in [1.82, 2.24) is 9.88 Å². The molecule has 0 aliphatic heterocycles. The Balaban J connectivity index is 1.78. The molecule has 0 unspecified atom stereocenters. The summed E-state index contributed by atoms with van der Waals surface area (Å²) >= 11 is 1.30. The van der Waals surface area contributed by atoms with Crippen LogP contribution in [0.2, 0.25) is 0 Å². The van der Waals surface area contributed by atoms with E-state index < -0.39 is 11.8 Å². The van der Waals surface area contributed by atoms with Gasteiger partial charge in [0.25, 0.3) is 5.91 Å². The first-order valence-electron chi connectivity index (χ1n) is 7.17. The molecular weight excluding hydrogens is 319 g/mol. The van der Waals surface area contributed by atoms with E-state index in [1.165, 1.54) is 36.6 Å². The number of benzene rings is 1. The number of methoxy groups -OCH3 is 1. The summed E-state index contributed by atoms with van der Waals surface area (Å²) in [6.07, 6.45) is 1.85. The molecule has 1 amide bonds. The number of carbonyl (C=O) groups is 2. The fourth-order valence-corrected chi connectivity index (χ4v) is 3.03. The number of amides is 1. The first kappa shape index (κ1) is 15.6. The maximum atomic E-state index is 13.3. The Morgan fingerprint density at radius 3 is 2.87 bits per heavy atom. The van der Waals surface area contributed by atoms with E-state index >= 15 is 0 Å². The van der Waals surface area contributed by atoms with E-state index in [2.05, 4.69) is 9.72 Å². The third-order valence-electron chi connectivity index (χ3n) is 3.57. The molecule has 23 heavy (non-hydrogen) atoms. The number of halogens is 1. The van der Waals surface area contributed by atoms with Gasteiger partial charge in [-0.15, -0.1) is 11.3 Å². The highest BCUT2D eigenvalue weighted by atomic mass is 32.1. The largest absolute Gasteiger partial charge is 0.464 e. The van der Waals surface area contributed by atoms with Crippen LogP contribution in [0.3, 0.4) is 0 Å². The summed E-state index contributed by atoms with van der Waals surface area (Å²) in [5.41, 5.74) is 0.558. The molecule has 2 aromatic rings. The Kier molecular flexibility index (Phi) is 4.38. The molecule has 1 aliphatic carbocycles. The van der Waals surface area contributed by atoms with Gasteiger partial charge in [0, 0.05) is 17.0 Å². The molecule has 1 aromatic carbocycles. The number of hydrogen-bond acceptors (Lipinski definition) is 5. The minimum absolute atomic E-state index is 0.149. The second-order valence-electron chi connectivity index (χ2n) is 5.29. The molecule has 0 bridgehead atoms. The highest BCUT2D eigenvalue weighted by Gasteiger charge is 2.34. The SMILES string of the molecule is COC(=O)c1csc(CN(C(=O)c2cccc(F)c2)C2CC2)n1. The van der Waals surface area contributed by atoms with Crippen LogP contribution < -0.4 is 0 Å². The number of carbonyl (C=O) groups excluding carboxylic acids is 2. The van der Waals surface area contributed by atoms with Crippen molar-refractivity contribution in [1.29, 1.82) is 0 Å². The number of ether oxygens (including phenoxy) is 1. The summed E-state index contributed by atoms with van der Waals surface area (Å²) < 4.78 is 18.0. The quantitative estimate of drug-likeness (QED) is 0.789. The van der Waals surface area contributed by atoms with Gasteiger partial charge in [0.1, 0.15) is 10.8 Å². The van der Waals surface area contributed by atoms with Crippen LogP contribution in [0.1, 0.15) is 38.7 Å². The Labute approximate surface area is 136 Å². The number of thiazole rings is 1. The molecule has 0 radical (unpaired) electrons. The molecule has 0 N–H and O–H groups in total. The van der Waals surface area contributed by atoms with Gasteiger partial charge in [-0.2, -0.15) is 0 Å². The first-order chi connectivity index (χ1) is 11.1. The lowest BCUT2D eigenvalue weighted by Gasteiger charge is -2.21. The fraction of sp³-hybridized carbons (Fsp3) is 0.312. The van der Waals surface area contributed by atoms with Gasteiger partial charge in [-0.25, -0.2) is 14.2 Å². The van der Waals surface area contributed by atoms with Crippen molar-refractivity contribution in [2.75, 3.05) is 7.11 Å². The van der Waals surface area contributed by atoms with Gasteiger partial charge < -0.3 is 9.64 Å². The van der Waals surface area contributed by atoms with Crippen molar-refractivity contribution in [3.05, 3.63) is 51.7 Å². The van der Waals surface area contributed by atoms with Crippen LogP contribution in [-0.2, 0) is 11.3 Å². The standard InChI is InChI=1S/C16H15FN2O3S/c1-22-16(21)13-9-23-14(18-13)8-19(12-5-6-12)15(20)10-3-2-4-11(17)7-10/h2-4,7,9,12H,5-6,8H2,1H3. The van der Waals surface area contributed by atoms with Crippen LogP contribution in [0.4, 0.5) is 4.39 Å². The summed E-state index contributed by atoms with van der Waals surface area (Å²) in [5, 5.41) is 2.26. The predicted octanol–water partition coefficient (Wildman–Crippen LogP) is 2.87. The van der Waals surface area contributed by atoms with Crippen molar-refractivity contribution < 1.29 is 18.7 Å². The predicted molar refractivity (Wildman–Crippen MR) is 82.7 cm³/mol. The second kappa shape index (κ2) is 6.45. The zero-order chi connectivity index (χ0) is 16.4. The summed E-state index contributed by atoms with van der Waals surface area (Å²) in [5.74, 6) is -1.16. The molecule has 0 saturated heterocycles. The van der Waals surface area contributed by atoms with Crippen molar-refractivity contribution in [3.63, 3.8) is 0 Å². The van der Waals surface area contributed by atoms with E-state index in [9.17, 15) is 14.0 Å². The third kappa shape index (κ3) is 3.56. The van der Waals surface area contributed by atoms with Crippen molar-refractivity contribution in [3.8, 4) is 0 Å².